The van der Waals surface area contributed by atoms with Gasteiger partial charge in [0.15, 0.2) is 6.61 Å². The van der Waals surface area contributed by atoms with Crippen LogP contribution in [0.5, 0.6) is 5.75 Å². The minimum Gasteiger partial charge on any atom is -0.483 e. The second-order valence-electron chi connectivity index (χ2n) is 7.02. The summed E-state index contributed by atoms with van der Waals surface area (Å²) in [5, 5.41) is 4.09. The molecule has 0 unspecified atom stereocenters. The van der Waals surface area contributed by atoms with Gasteiger partial charge in [0.2, 0.25) is 5.82 Å². The minimum atomic E-state index is 0.00989. The Morgan fingerprint density at radius 1 is 1.07 bits per heavy atom. The lowest BCUT2D eigenvalue weighted by Crippen LogP contribution is -2.38. The molecule has 1 aromatic heterocycles. The van der Waals surface area contributed by atoms with Crippen LogP contribution < -0.4 is 4.74 Å². The molecule has 2 aromatic carbocycles. The van der Waals surface area contributed by atoms with Crippen molar-refractivity contribution < 1.29 is 14.1 Å². The number of likely N-dealkylation sites (tertiary alicyclic amines) is 1. The number of benzene rings is 2. The zero-order valence-electron chi connectivity index (χ0n) is 15.9. The molecule has 2 heterocycles. The van der Waals surface area contributed by atoms with E-state index < -0.39 is 0 Å². The predicted octanol–water partition coefficient (Wildman–Crippen LogP) is 4.10. The van der Waals surface area contributed by atoms with Crippen LogP contribution in [-0.4, -0.2) is 40.6 Å². The summed E-state index contributed by atoms with van der Waals surface area (Å²) in [5.41, 5.74) is 2.74. The molecule has 1 aliphatic rings. The van der Waals surface area contributed by atoms with E-state index in [2.05, 4.69) is 10.1 Å². The molecule has 0 N–H and O–H groups in total. The molecule has 0 saturated carbocycles. The van der Waals surface area contributed by atoms with Crippen molar-refractivity contribution in [3.8, 4) is 28.6 Å². The highest BCUT2D eigenvalue weighted by atomic mass is 16.5. The van der Waals surface area contributed by atoms with Crippen molar-refractivity contribution in [2.24, 2.45) is 0 Å². The zero-order chi connectivity index (χ0) is 19.3. The van der Waals surface area contributed by atoms with Crippen LogP contribution in [0.3, 0.4) is 0 Å². The van der Waals surface area contributed by atoms with Crippen LogP contribution in [-0.2, 0) is 4.79 Å². The molecule has 0 atom stereocenters. The zero-order valence-corrected chi connectivity index (χ0v) is 15.9. The second kappa shape index (κ2) is 8.25. The highest BCUT2D eigenvalue weighted by Gasteiger charge is 2.19. The normalized spacial score (nSPS) is 14.1. The summed E-state index contributed by atoms with van der Waals surface area (Å²) in [7, 11) is 0. The molecule has 1 fully saturated rings. The molecule has 4 rings (SSSR count). The minimum absolute atomic E-state index is 0.00989. The predicted molar refractivity (Wildman–Crippen MR) is 106 cm³/mol. The number of hydrogen-bond donors (Lipinski definition) is 0. The lowest BCUT2D eigenvalue weighted by molar-refractivity contribution is -0.134. The number of ether oxygens (including phenoxy) is 1. The van der Waals surface area contributed by atoms with Crippen LogP contribution in [0.2, 0.25) is 0 Å². The van der Waals surface area contributed by atoms with E-state index in [0.717, 1.165) is 31.5 Å². The van der Waals surface area contributed by atoms with Gasteiger partial charge in [-0.25, -0.2) is 0 Å². The highest BCUT2D eigenvalue weighted by molar-refractivity contribution is 5.78. The molecule has 6 heteroatoms. The standard InChI is InChI=1S/C22H23N3O3/c1-16-9-11-17(12-10-16)21-23-22(28-24-21)18-7-3-4-8-19(18)27-15-20(26)25-13-5-2-6-14-25/h3-4,7-12H,2,5-6,13-15H2,1H3. The Balaban J connectivity index is 1.50. The number of carbonyl (C=O) groups is 1. The molecule has 28 heavy (non-hydrogen) atoms. The van der Waals surface area contributed by atoms with Crippen molar-refractivity contribution in [3.63, 3.8) is 0 Å². The summed E-state index contributed by atoms with van der Waals surface area (Å²) in [4.78, 5) is 18.8. The Morgan fingerprint density at radius 2 is 1.82 bits per heavy atom. The van der Waals surface area contributed by atoms with Gasteiger partial charge >= 0.3 is 0 Å². The fraction of sp³-hybridized carbons (Fsp3) is 0.318. The van der Waals surface area contributed by atoms with E-state index in [1.165, 1.54) is 12.0 Å². The van der Waals surface area contributed by atoms with Gasteiger partial charge in [-0.15, -0.1) is 0 Å². The summed E-state index contributed by atoms with van der Waals surface area (Å²) in [6.07, 6.45) is 3.31. The molecule has 1 saturated heterocycles. The van der Waals surface area contributed by atoms with Crippen LogP contribution in [0, 0.1) is 6.92 Å². The third-order valence-corrected chi connectivity index (χ3v) is 4.91. The SMILES string of the molecule is Cc1ccc(-c2noc(-c3ccccc3OCC(=O)N3CCCCC3)n2)cc1. The second-order valence-corrected chi connectivity index (χ2v) is 7.02. The summed E-state index contributed by atoms with van der Waals surface area (Å²) >= 11 is 0. The van der Waals surface area contributed by atoms with Gasteiger partial charge in [-0.2, -0.15) is 4.98 Å². The Bertz CT molecular complexity index is 944. The summed E-state index contributed by atoms with van der Waals surface area (Å²) in [6.45, 7) is 3.67. The van der Waals surface area contributed by atoms with Crippen LogP contribution >= 0.6 is 0 Å². The average molecular weight is 377 g/mol. The smallest absolute Gasteiger partial charge is 0.262 e. The lowest BCUT2D eigenvalue weighted by atomic mass is 10.1. The van der Waals surface area contributed by atoms with Crippen LogP contribution in [0.25, 0.3) is 22.8 Å². The number of hydrogen-bond acceptors (Lipinski definition) is 5. The van der Waals surface area contributed by atoms with Gasteiger partial charge in [-0.1, -0.05) is 47.1 Å². The molecule has 6 nitrogen and oxygen atoms in total. The first-order valence-electron chi connectivity index (χ1n) is 9.61. The van der Waals surface area contributed by atoms with Gasteiger partial charge in [0.25, 0.3) is 11.8 Å². The van der Waals surface area contributed by atoms with Gasteiger partial charge in [-0.3, -0.25) is 4.79 Å². The van der Waals surface area contributed by atoms with Gasteiger partial charge in [0.05, 0.1) is 5.56 Å². The number of aryl methyl sites for hydroxylation is 1. The topological polar surface area (TPSA) is 68.5 Å². The summed E-state index contributed by atoms with van der Waals surface area (Å²) in [6, 6.07) is 15.4. The number of amides is 1. The molecule has 1 aliphatic heterocycles. The maximum Gasteiger partial charge on any atom is 0.262 e. The average Bonchev–Trinajstić information content (AvgIpc) is 3.23. The maximum atomic E-state index is 12.4. The Kier molecular flexibility index (Phi) is 5.37. The molecular weight excluding hydrogens is 354 g/mol. The van der Waals surface area contributed by atoms with Gasteiger partial charge < -0.3 is 14.2 Å². The quantitative estimate of drug-likeness (QED) is 0.669. The molecule has 144 valence electrons. The molecule has 0 spiro atoms. The van der Waals surface area contributed by atoms with E-state index in [9.17, 15) is 4.79 Å². The van der Waals surface area contributed by atoms with Crippen molar-refractivity contribution in [3.05, 3.63) is 54.1 Å². The van der Waals surface area contributed by atoms with E-state index in [1.54, 1.807) is 0 Å². The van der Waals surface area contributed by atoms with Crippen LogP contribution in [0.15, 0.2) is 53.1 Å². The fourth-order valence-electron chi connectivity index (χ4n) is 3.30. The number of rotatable bonds is 5. The third kappa shape index (κ3) is 4.06. The van der Waals surface area contributed by atoms with Crippen molar-refractivity contribution in [1.82, 2.24) is 15.0 Å². The molecule has 0 radical (unpaired) electrons. The Hall–Kier alpha value is -3.15. The molecule has 1 amide bonds. The van der Waals surface area contributed by atoms with Gasteiger partial charge in [0.1, 0.15) is 5.75 Å². The van der Waals surface area contributed by atoms with Crippen molar-refractivity contribution in [2.45, 2.75) is 26.2 Å². The van der Waals surface area contributed by atoms with Crippen molar-refractivity contribution in [2.75, 3.05) is 19.7 Å². The number of carbonyl (C=O) groups excluding carboxylic acids is 1. The molecular formula is C22H23N3O3. The number of nitrogens with zero attached hydrogens (tertiary/aromatic N) is 3. The lowest BCUT2D eigenvalue weighted by Gasteiger charge is -2.26. The summed E-state index contributed by atoms with van der Waals surface area (Å²) in [5.74, 6) is 1.47. The monoisotopic (exact) mass is 377 g/mol. The third-order valence-electron chi connectivity index (χ3n) is 4.91. The van der Waals surface area contributed by atoms with E-state index >= 15 is 0 Å². The first-order chi connectivity index (χ1) is 13.7. The van der Waals surface area contributed by atoms with E-state index in [4.69, 9.17) is 9.26 Å². The molecule has 0 aliphatic carbocycles. The van der Waals surface area contributed by atoms with E-state index in [1.807, 2.05) is 60.4 Å². The Labute approximate surface area is 164 Å². The van der Waals surface area contributed by atoms with Crippen LogP contribution in [0.4, 0.5) is 0 Å². The van der Waals surface area contributed by atoms with E-state index in [0.29, 0.717) is 23.0 Å². The number of piperidine rings is 1. The first kappa shape index (κ1) is 18.2. The maximum absolute atomic E-state index is 12.4. The van der Waals surface area contributed by atoms with Gasteiger partial charge in [-0.05, 0) is 38.3 Å². The van der Waals surface area contributed by atoms with E-state index in [-0.39, 0.29) is 12.5 Å². The fourth-order valence-corrected chi connectivity index (χ4v) is 3.30. The van der Waals surface area contributed by atoms with Crippen molar-refractivity contribution >= 4 is 5.91 Å². The number of aromatic nitrogens is 2. The molecule has 3 aromatic rings. The largest absolute Gasteiger partial charge is 0.483 e. The summed E-state index contributed by atoms with van der Waals surface area (Å²) < 4.78 is 11.3. The van der Waals surface area contributed by atoms with Crippen LogP contribution in [0.1, 0.15) is 24.8 Å². The highest BCUT2D eigenvalue weighted by Crippen LogP contribution is 2.30. The van der Waals surface area contributed by atoms with Crippen molar-refractivity contribution in [1.29, 1.82) is 0 Å². The Morgan fingerprint density at radius 3 is 2.61 bits per heavy atom. The molecule has 0 bridgehead atoms. The van der Waals surface area contributed by atoms with Gasteiger partial charge in [0, 0.05) is 18.7 Å². The first-order valence-corrected chi connectivity index (χ1v) is 9.61. The number of para-hydroxylation sites is 1.